The Balaban J connectivity index is 0.855. The molecule has 2 aromatic heterocycles. The molecule has 1 unspecified atom stereocenters. The van der Waals surface area contributed by atoms with Crippen LogP contribution in [-0.2, 0) is 11.2 Å². The lowest BCUT2D eigenvalue weighted by molar-refractivity contribution is 0.0632. The van der Waals surface area contributed by atoms with Crippen LogP contribution in [-0.4, -0.2) is 66.2 Å². The van der Waals surface area contributed by atoms with Crippen LogP contribution in [0.1, 0.15) is 123 Å². The number of carbonyl (C=O) groups excluding carboxylic acids is 1. The first-order chi connectivity index (χ1) is 29.8. The van der Waals surface area contributed by atoms with Gasteiger partial charge in [-0.1, -0.05) is 50.3 Å². The molecule has 2 aliphatic carbocycles. The second-order valence-electron chi connectivity index (χ2n) is 18.1. The quantitative estimate of drug-likeness (QED) is 0.0994. The number of allylic oxidation sites excluding steroid dienone is 1. The minimum atomic E-state index is -0.327. The van der Waals surface area contributed by atoms with E-state index in [2.05, 4.69) is 85.2 Å². The summed E-state index contributed by atoms with van der Waals surface area (Å²) in [4.78, 5) is 40.2. The molecule has 61 heavy (non-hydrogen) atoms. The smallest absolute Gasteiger partial charge is 0.265 e. The van der Waals surface area contributed by atoms with Crippen LogP contribution in [0, 0.1) is 16.2 Å². The number of nitrogens with zero attached hydrogens (tertiary/aromatic N) is 5. The van der Waals surface area contributed by atoms with Gasteiger partial charge in [0.1, 0.15) is 22.2 Å². The van der Waals surface area contributed by atoms with Crippen LogP contribution in [0.15, 0.2) is 83.3 Å². The Kier molecular flexibility index (Phi) is 12.7. The van der Waals surface area contributed by atoms with Crippen molar-refractivity contribution in [1.29, 1.82) is 0 Å². The number of anilines is 2. The van der Waals surface area contributed by atoms with E-state index in [0.717, 1.165) is 81.0 Å². The van der Waals surface area contributed by atoms with E-state index in [1.807, 2.05) is 24.3 Å². The highest BCUT2D eigenvalue weighted by Gasteiger charge is 2.42. The van der Waals surface area contributed by atoms with Crippen LogP contribution in [0.2, 0.25) is 0 Å². The maximum absolute atomic E-state index is 13.9. The number of likely N-dealkylation sites (tertiary alicyclic amines) is 1. The van der Waals surface area contributed by atoms with Gasteiger partial charge in [0.25, 0.3) is 5.91 Å². The Labute approximate surface area is 364 Å². The molecule has 1 atom stereocenters. The van der Waals surface area contributed by atoms with Gasteiger partial charge in [-0.2, -0.15) is 0 Å². The molecule has 5 heterocycles. The van der Waals surface area contributed by atoms with Crippen molar-refractivity contribution in [2.45, 2.75) is 108 Å². The zero-order valence-electron chi connectivity index (χ0n) is 35.6. The Morgan fingerprint density at radius 1 is 0.967 bits per heavy atom. The average Bonchev–Trinajstić information content (AvgIpc) is 3.99. The molecule has 5 aliphatic rings. The number of nitrogens with one attached hydrogen (secondary N) is 2. The maximum atomic E-state index is 13.9. The lowest BCUT2D eigenvalue weighted by atomic mass is 9.66. The van der Waals surface area contributed by atoms with E-state index in [1.54, 1.807) is 24.0 Å². The van der Waals surface area contributed by atoms with Gasteiger partial charge in [-0.25, -0.2) is 4.98 Å². The standard InChI is InChI=1S/C49H59N7O4S/c1-33(2)39-8-3-4-9-40(39)45-11-6-22-56(45)36-14-18-49(19-15-36)20-23-55(24-21-49)37-12-13-41(46(28-37)60-38-27-35-7-5-10-42(35)51-31-38)48(57)54-61-47-29-43(53-58)44(32-52-47)50-30-34-16-25-59-26-17-34/h3-5,7-9,12-13,27-29,31-34,36,45,50H,6,10-11,14-26,30H2,1-2H3,(H,54,57). The fourth-order valence-electron chi connectivity index (χ4n) is 10.5. The van der Waals surface area contributed by atoms with E-state index in [4.69, 9.17) is 9.47 Å². The highest BCUT2D eigenvalue weighted by Crippen LogP contribution is 2.49. The molecule has 12 heteroatoms. The zero-order chi connectivity index (χ0) is 41.8. The first-order valence-electron chi connectivity index (χ1n) is 22.5. The fraction of sp³-hybridized carbons (Fsp3) is 0.490. The maximum Gasteiger partial charge on any atom is 0.265 e. The summed E-state index contributed by atoms with van der Waals surface area (Å²) in [5.41, 5.74) is 7.80. The Hall–Kier alpha value is -4.78. The molecule has 11 nitrogen and oxygen atoms in total. The number of fused-ring (bicyclic) bond motifs is 1. The molecule has 320 valence electrons. The van der Waals surface area contributed by atoms with E-state index < -0.39 is 0 Å². The van der Waals surface area contributed by atoms with Crippen LogP contribution < -0.4 is 19.7 Å². The fourth-order valence-corrected chi connectivity index (χ4v) is 11.1. The normalized spacial score (nSPS) is 20.6. The Bertz CT molecular complexity index is 2220. The minimum absolute atomic E-state index is 0.255. The van der Waals surface area contributed by atoms with Gasteiger partial charge in [-0.15, -0.1) is 4.91 Å². The molecule has 3 aliphatic heterocycles. The molecule has 2 N–H and O–H groups in total. The van der Waals surface area contributed by atoms with Crippen molar-refractivity contribution >= 4 is 41.0 Å². The van der Waals surface area contributed by atoms with E-state index in [0.29, 0.717) is 57.1 Å². The molecule has 1 amide bonds. The van der Waals surface area contributed by atoms with E-state index >= 15 is 0 Å². The molecule has 9 rings (SSSR count). The summed E-state index contributed by atoms with van der Waals surface area (Å²) < 4.78 is 14.9. The third-order valence-electron chi connectivity index (χ3n) is 14.1. The second kappa shape index (κ2) is 18.7. The Morgan fingerprint density at radius 3 is 2.59 bits per heavy atom. The van der Waals surface area contributed by atoms with E-state index in [9.17, 15) is 9.70 Å². The van der Waals surface area contributed by atoms with Gasteiger partial charge in [0, 0.05) is 81.1 Å². The van der Waals surface area contributed by atoms with Crippen LogP contribution in [0.25, 0.3) is 6.08 Å². The molecule has 1 saturated carbocycles. The number of pyridine rings is 2. The summed E-state index contributed by atoms with van der Waals surface area (Å²) in [6.45, 7) is 10.1. The van der Waals surface area contributed by atoms with Crippen molar-refractivity contribution in [3.63, 3.8) is 0 Å². The first kappa shape index (κ1) is 41.6. The first-order valence-corrected chi connectivity index (χ1v) is 23.4. The number of ether oxygens (including phenoxy) is 2. The highest BCUT2D eigenvalue weighted by molar-refractivity contribution is 7.97. The molecule has 0 radical (unpaired) electrons. The predicted octanol–water partition coefficient (Wildman–Crippen LogP) is 11.0. The average molecular weight is 842 g/mol. The SMILES string of the molecule is CC(C)c1ccccc1C1CCCN1C1CCC2(CC1)CCN(c1ccc(C(=O)NSc3cc(N=O)c(NCC4CCOCC4)cn3)c(Oc3cnc4c(c3)C=CC4)c1)CC2. The second-order valence-corrected chi connectivity index (χ2v) is 18.9. The number of rotatable bonds is 13. The lowest BCUT2D eigenvalue weighted by Gasteiger charge is -2.48. The van der Waals surface area contributed by atoms with Crippen LogP contribution in [0.5, 0.6) is 11.5 Å². The van der Waals surface area contributed by atoms with Gasteiger partial charge in [-0.05, 0) is 128 Å². The van der Waals surface area contributed by atoms with E-state index in [1.165, 1.54) is 63.5 Å². The molecule has 2 aromatic carbocycles. The third-order valence-corrected chi connectivity index (χ3v) is 14.8. The van der Waals surface area contributed by atoms with Crippen molar-refractivity contribution < 1.29 is 14.3 Å². The third kappa shape index (κ3) is 9.37. The molecule has 4 fully saturated rings. The van der Waals surface area contributed by atoms with Crippen molar-refractivity contribution in [2.75, 3.05) is 49.6 Å². The number of piperidine rings is 1. The van der Waals surface area contributed by atoms with Gasteiger partial charge >= 0.3 is 0 Å². The van der Waals surface area contributed by atoms with E-state index in [-0.39, 0.29) is 11.6 Å². The number of carbonyl (C=O) groups is 1. The van der Waals surface area contributed by atoms with Crippen LogP contribution in [0.4, 0.5) is 17.1 Å². The summed E-state index contributed by atoms with van der Waals surface area (Å²) in [7, 11) is 0. The van der Waals surface area contributed by atoms with Crippen molar-refractivity contribution in [1.82, 2.24) is 19.6 Å². The Morgan fingerprint density at radius 2 is 1.79 bits per heavy atom. The van der Waals surface area contributed by atoms with Crippen molar-refractivity contribution in [3.8, 4) is 11.5 Å². The zero-order valence-corrected chi connectivity index (χ0v) is 36.4. The van der Waals surface area contributed by atoms with Crippen molar-refractivity contribution in [2.24, 2.45) is 16.5 Å². The van der Waals surface area contributed by atoms with Gasteiger partial charge in [-0.3, -0.25) is 19.4 Å². The predicted molar refractivity (Wildman–Crippen MR) is 244 cm³/mol. The molecule has 0 bridgehead atoms. The number of nitroso groups, excluding NO2 is 1. The van der Waals surface area contributed by atoms with Crippen LogP contribution in [0.3, 0.4) is 0 Å². The highest BCUT2D eigenvalue weighted by atomic mass is 32.2. The number of benzene rings is 2. The summed E-state index contributed by atoms with van der Waals surface area (Å²) in [6.07, 6.45) is 20.3. The molecule has 3 saturated heterocycles. The summed E-state index contributed by atoms with van der Waals surface area (Å²) >= 11 is 1.05. The summed E-state index contributed by atoms with van der Waals surface area (Å²) in [5.74, 6) is 1.73. The summed E-state index contributed by atoms with van der Waals surface area (Å²) in [5, 5.41) is 7.04. The number of aromatic nitrogens is 2. The number of hydrogen-bond acceptors (Lipinski definition) is 11. The van der Waals surface area contributed by atoms with Crippen molar-refractivity contribution in [3.05, 3.63) is 106 Å². The molecular weight excluding hydrogens is 783 g/mol. The lowest BCUT2D eigenvalue weighted by Crippen LogP contribution is -2.45. The number of hydrogen-bond donors (Lipinski definition) is 2. The van der Waals surface area contributed by atoms with Gasteiger partial charge < -0.3 is 19.7 Å². The van der Waals surface area contributed by atoms with Crippen LogP contribution >= 0.6 is 11.9 Å². The number of amides is 1. The molecule has 4 aromatic rings. The van der Waals surface area contributed by atoms with Gasteiger partial charge in [0.2, 0.25) is 0 Å². The minimum Gasteiger partial charge on any atom is -0.455 e. The molecular formula is C49H59N7O4S. The molecule has 1 spiro atoms. The largest absolute Gasteiger partial charge is 0.455 e. The van der Waals surface area contributed by atoms with Gasteiger partial charge in [0.05, 0.1) is 29.3 Å². The monoisotopic (exact) mass is 841 g/mol. The summed E-state index contributed by atoms with van der Waals surface area (Å²) in [6, 6.07) is 19.9. The topological polar surface area (TPSA) is 121 Å². The van der Waals surface area contributed by atoms with Gasteiger partial charge in [0.15, 0.2) is 0 Å².